The molecule has 4 aromatic rings. The van der Waals surface area contributed by atoms with Crippen LogP contribution >= 0.6 is 23.4 Å². The first-order valence-electron chi connectivity index (χ1n) is 11.2. The van der Waals surface area contributed by atoms with Gasteiger partial charge in [0.1, 0.15) is 5.75 Å². The van der Waals surface area contributed by atoms with Crippen molar-refractivity contribution in [3.05, 3.63) is 87.7 Å². The number of amides is 1. The fourth-order valence-electron chi connectivity index (χ4n) is 3.57. The van der Waals surface area contributed by atoms with E-state index >= 15 is 0 Å². The summed E-state index contributed by atoms with van der Waals surface area (Å²) in [5, 5.41) is 2.16. The quantitative estimate of drug-likeness (QED) is 0.209. The number of anilines is 1. The second-order valence-electron chi connectivity index (χ2n) is 7.89. The zero-order valence-corrected chi connectivity index (χ0v) is 21.2. The highest BCUT2D eigenvalue weighted by molar-refractivity contribution is 8.00. The maximum absolute atomic E-state index is 13.6. The molecule has 0 bridgehead atoms. The van der Waals surface area contributed by atoms with Crippen LogP contribution in [0, 0.1) is 0 Å². The van der Waals surface area contributed by atoms with Crippen molar-refractivity contribution in [1.82, 2.24) is 9.55 Å². The van der Waals surface area contributed by atoms with Gasteiger partial charge in [0.25, 0.3) is 5.56 Å². The fourth-order valence-corrected chi connectivity index (χ4v) is 4.65. The monoisotopic (exact) mass is 547 g/mol. The number of hydrogen-bond donors (Lipinski definition) is 1. The van der Waals surface area contributed by atoms with Gasteiger partial charge < -0.3 is 10.1 Å². The molecular weight excluding hydrogens is 527 g/mol. The van der Waals surface area contributed by atoms with Crippen LogP contribution in [0.5, 0.6) is 5.75 Å². The van der Waals surface area contributed by atoms with Crippen LogP contribution in [0.1, 0.15) is 19.4 Å². The number of benzene rings is 3. The number of ether oxygens (including phenoxy) is 1. The second kappa shape index (κ2) is 10.9. The fraction of sp³-hybridized carbons (Fsp3) is 0.192. The smallest absolute Gasteiger partial charge is 0.416 e. The largest absolute Gasteiger partial charge is 0.492 e. The van der Waals surface area contributed by atoms with Crippen LogP contribution in [-0.2, 0) is 11.0 Å². The van der Waals surface area contributed by atoms with Crippen LogP contribution in [0.2, 0.25) is 5.02 Å². The number of nitrogens with zero attached hydrogens (tertiary/aromatic N) is 2. The standard InChI is InChI=1S/C26H21ClF3N3O3S/c1-3-36-22-11-7-6-10-21(22)33-24(35)17-8-4-5-9-19(17)32-25(33)37-15(2)23(34)31-20-14-16(26(28,29)30)12-13-18(20)27/h4-15H,3H2,1-2H3,(H,31,34). The summed E-state index contributed by atoms with van der Waals surface area (Å²) in [5.41, 5.74) is -0.573. The van der Waals surface area contributed by atoms with Gasteiger partial charge in [0.15, 0.2) is 5.16 Å². The third-order valence-corrected chi connectivity index (χ3v) is 6.74. The van der Waals surface area contributed by atoms with E-state index in [1.54, 1.807) is 55.5 Å². The van der Waals surface area contributed by atoms with Crippen molar-refractivity contribution in [2.45, 2.75) is 30.4 Å². The van der Waals surface area contributed by atoms with Crippen LogP contribution < -0.4 is 15.6 Å². The molecule has 11 heteroatoms. The van der Waals surface area contributed by atoms with Gasteiger partial charge in [-0.05, 0) is 56.3 Å². The van der Waals surface area contributed by atoms with Gasteiger partial charge in [0.2, 0.25) is 5.91 Å². The molecule has 1 aromatic heterocycles. The van der Waals surface area contributed by atoms with Crippen molar-refractivity contribution in [3.8, 4) is 11.4 Å². The van der Waals surface area contributed by atoms with Crippen LogP contribution in [0.3, 0.4) is 0 Å². The second-order valence-corrected chi connectivity index (χ2v) is 9.61. The summed E-state index contributed by atoms with van der Waals surface area (Å²) in [4.78, 5) is 31.2. The number of alkyl halides is 3. The summed E-state index contributed by atoms with van der Waals surface area (Å²) in [5.74, 6) is -0.155. The van der Waals surface area contributed by atoms with E-state index < -0.39 is 22.9 Å². The molecule has 1 amide bonds. The van der Waals surface area contributed by atoms with E-state index in [0.29, 0.717) is 28.9 Å². The van der Waals surface area contributed by atoms with Crippen molar-refractivity contribution >= 4 is 45.9 Å². The highest BCUT2D eigenvalue weighted by Gasteiger charge is 2.31. The number of fused-ring (bicyclic) bond motifs is 1. The Morgan fingerprint density at radius 2 is 1.84 bits per heavy atom. The van der Waals surface area contributed by atoms with E-state index in [1.165, 1.54) is 4.57 Å². The van der Waals surface area contributed by atoms with Gasteiger partial charge in [-0.25, -0.2) is 4.98 Å². The lowest BCUT2D eigenvalue weighted by Crippen LogP contribution is -2.26. The molecule has 0 aliphatic carbocycles. The van der Waals surface area contributed by atoms with Crippen LogP contribution in [-0.4, -0.2) is 27.3 Å². The Kier molecular flexibility index (Phi) is 7.79. The number of rotatable bonds is 7. The Balaban J connectivity index is 1.73. The van der Waals surface area contributed by atoms with E-state index in [1.807, 2.05) is 6.92 Å². The molecule has 37 heavy (non-hydrogen) atoms. The van der Waals surface area contributed by atoms with Gasteiger partial charge in [-0.3, -0.25) is 14.2 Å². The number of halogens is 4. The van der Waals surface area contributed by atoms with E-state index in [0.717, 1.165) is 30.0 Å². The topological polar surface area (TPSA) is 73.2 Å². The molecule has 1 atom stereocenters. The van der Waals surface area contributed by atoms with Crippen molar-refractivity contribution in [1.29, 1.82) is 0 Å². The molecule has 1 heterocycles. The highest BCUT2D eigenvalue weighted by atomic mass is 35.5. The first-order valence-corrected chi connectivity index (χ1v) is 12.4. The van der Waals surface area contributed by atoms with Crippen LogP contribution in [0.4, 0.5) is 18.9 Å². The number of carbonyl (C=O) groups is 1. The van der Waals surface area contributed by atoms with Crippen LogP contribution in [0.15, 0.2) is 76.7 Å². The predicted molar refractivity (Wildman–Crippen MR) is 139 cm³/mol. The zero-order chi connectivity index (χ0) is 26.7. The van der Waals surface area contributed by atoms with Gasteiger partial charge in [0, 0.05) is 0 Å². The average molecular weight is 548 g/mol. The average Bonchev–Trinajstić information content (AvgIpc) is 2.86. The molecule has 0 aliphatic rings. The van der Waals surface area contributed by atoms with Crippen LogP contribution in [0.25, 0.3) is 16.6 Å². The van der Waals surface area contributed by atoms with Gasteiger partial charge in [0.05, 0.1) is 44.7 Å². The summed E-state index contributed by atoms with van der Waals surface area (Å²) >= 11 is 7.02. The third kappa shape index (κ3) is 5.75. The maximum atomic E-state index is 13.6. The van der Waals surface area contributed by atoms with Crippen molar-refractivity contribution in [2.75, 3.05) is 11.9 Å². The van der Waals surface area contributed by atoms with Crippen molar-refractivity contribution in [2.24, 2.45) is 0 Å². The molecule has 1 unspecified atom stereocenters. The lowest BCUT2D eigenvalue weighted by Gasteiger charge is -2.19. The summed E-state index contributed by atoms with van der Waals surface area (Å²) in [6.45, 7) is 3.74. The number of para-hydroxylation sites is 3. The van der Waals surface area contributed by atoms with Crippen molar-refractivity contribution in [3.63, 3.8) is 0 Å². The number of carbonyl (C=O) groups excluding carboxylic acids is 1. The molecule has 6 nitrogen and oxygen atoms in total. The molecule has 0 radical (unpaired) electrons. The molecule has 3 aromatic carbocycles. The van der Waals surface area contributed by atoms with E-state index in [4.69, 9.17) is 16.3 Å². The molecule has 0 aliphatic heterocycles. The molecule has 0 saturated carbocycles. The molecule has 0 fully saturated rings. The van der Waals surface area contributed by atoms with Gasteiger partial charge in [-0.2, -0.15) is 13.2 Å². The summed E-state index contributed by atoms with van der Waals surface area (Å²) in [6, 6.07) is 16.5. The first-order chi connectivity index (χ1) is 17.6. The van der Waals surface area contributed by atoms with E-state index in [-0.39, 0.29) is 21.4 Å². The number of aromatic nitrogens is 2. The predicted octanol–water partition coefficient (Wildman–Crippen LogP) is 6.58. The Morgan fingerprint density at radius 3 is 2.57 bits per heavy atom. The summed E-state index contributed by atoms with van der Waals surface area (Å²) in [7, 11) is 0. The van der Waals surface area contributed by atoms with Gasteiger partial charge >= 0.3 is 6.18 Å². The molecule has 1 N–H and O–H groups in total. The molecule has 0 spiro atoms. The zero-order valence-electron chi connectivity index (χ0n) is 19.7. The lowest BCUT2D eigenvalue weighted by molar-refractivity contribution is -0.137. The SMILES string of the molecule is CCOc1ccccc1-n1c(SC(C)C(=O)Nc2cc(C(F)(F)F)ccc2Cl)nc2ccccc2c1=O. The normalized spacial score (nSPS) is 12.4. The maximum Gasteiger partial charge on any atom is 0.416 e. The molecule has 4 rings (SSSR count). The molecule has 192 valence electrons. The lowest BCUT2D eigenvalue weighted by atomic mass is 10.2. The Hall–Kier alpha value is -3.50. The first kappa shape index (κ1) is 26.6. The molecule has 0 saturated heterocycles. The Morgan fingerprint density at radius 1 is 1.14 bits per heavy atom. The van der Waals surface area contributed by atoms with E-state index in [2.05, 4.69) is 10.3 Å². The van der Waals surface area contributed by atoms with Gasteiger partial charge in [-0.15, -0.1) is 0 Å². The van der Waals surface area contributed by atoms with Gasteiger partial charge in [-0.1, -0.05) is 47.6 Å². The number of hydrogen-bond acceptors (Lipinski definition) is 5. The van der Waals surface area contributed by atoms with E-state index in [9.17, 15) is 22.8 Å². The minimum Gasteiger partial charge on any atom is -0.492 e. The summed E-state index contributed by atoms with van der Waals surface area (Å²) in [6.07, 6.45) is -4.59. The minimum atomic E-state index is -4.59. The third-order valence-electron chi connectivity index (χ3n) is 5.35. The summed E-state index contributed by atoms with van der Waals surface area (Å²) < 4.78 is 46.5. The number of thioether (sulfide) groups is 1. The van der Waals surface area contributed by atoms with Crippen molar-refractivity contribution < 1.29 is 22.7 Å². The molecular formula is C26H21ClF3N3O3S. The Bertz CT molecular complexity index is 1520. The number of nitrogens with one attached hydrogen (secondary N) is 1. The minimum absolute atomic E-state index is 0.0371. The highest BCUT2D eigenvalue weighted by Crippen LogP contribution is 2.35. The Labute approximate surface area is 219 Å².